The zero-order valence-corrected chi connectivity index (χ0v) is 18.6. The Hall–Kier alpha value is -3.71. The van der Waals surface area contributed by atoms with Gasteiger partial charge < -0.3 is 9.64 Å². The third kappa shape index (κ3) is 4.73. The molecule has 0 N–H and O–H groups in total. The molecule has 0 unspecified atom stereocenters. The predicted molar refractivity (Wildman–Crippen MR) is 124 cm³/mol. The summed E-state index contributed by atoms with van der Waals surface area (Å²) in [6.45, 7) is 1.21. The Kier molecular flexibility index (Phi) is 6.04. The van der Waals surface area contributed by atoms with E-state index in [2.05, 4.69) is 15.1 Å². The molecule has 2 aromatic carbocycles. The highest BCUT2D eigenvalue weighted by Crippen LogP contribution is 2.33. The van der Waals surface area contributed by atoms with Crippen LogP contribution in [0.4, 0.5) is 0 Å². The molecule has 2 aromatic heterocycles. The Morgan fingerprint density at radius 2 is 1.94 bits per heavy atom. The number of nitrogens with zero attached hydrogens (tertiary/aromatic N) is 5. The predicted octanol–water partition coefficient (Wildman–Crippen LogP) is 5.14. The van der Waals surface area contributed by atoms with Crippen LogP contribution in [-0.2, 0) is 6.54 Å². The van der Waals surface area contributed by atoms with Crippen LogP contribution < -0.4 is 4.74 Å². The van der Waals surface area contributed by atoms with Gasteiger partial charge in [0.25, 0.3) is 5.91 Å². The Labute approximate surface area is 196 Å². The Balaban J connectivity index is 1.38. The lowest BCUT2D eigenvalue weighted by Crippen LogP contribution is -2.32. The zero-order chi connectivity index (χ0) is 22.6. The first-order chi connectivity index (χ1) is 16.2. The fraction of sp³-hybridized carbons (Fsp3) is 0.200. The second-order valence-corrected chi connectivity index (χ2v) is 8.29. The summed E-state index contributed by atoms with van der Waals surface area (Å²) in [6, 6.07) is 16.5. The molecule has 0 radical (unpaired) electrons. The Morgan fingerprint density at radius 3 is 2.76 bits per heavy atom. The number of likely N-dealkylation sites (tertiary alicyclic amines) is 1. The number of rotatable bonds is 6. The maximum absolute atomic E-state index is 13.6. The first-order valence-electron chi connectivity index (χ1n) is 10.8. The summed E-state index contributed by atoms with van der Waals surface area (Å²) in [7, 11) is 0. The Bertz CT molecular complexity index is 1240. The number of hydrogen-bond acceptors (Lipinski definition) is 5. The average Bonchev–Trinajstić information content (AvgIpc) is 3.53. The third-order valence-corrected chi connectivity index (χ3v) is 5.91. The SMILES string of the molecule is O=C(c1ccccc1Cn1cccn1)N1CCC[C@H]1c1cncc(Oc2ccc(Cl)cc2)n1. The minimum atomic E-state index is -0.156. The topological polar surface area (TPSA) is 73.1 Å². The summed E-state index contributed by atoms with van der Waals surface area (Å²) >= 11 is 5.95. The van der Waals surface area contributed by atoms with E-state index in [4.69, 9.17) is 16.3 Å². The summed E-state index contributed by atoms with van der Waals surface area (Å²) < 4.78 is 7.66. The molecule has 4 aromatic rings. The van der Waals surface area contributed by atoms with E-state index in [1.807, 2.05) is 46.1 Å². The van der Waals surface area contributed by atoms with Gasteiger partial charge in [0.1, 0.15) is 5.75 Å². The van der Waals surface area contributed by atoms with E-state index < -0.39 is 0 Å². The molecule has 166 valence electrons. The second-order valence-electron chi connectivity index (χ2n) is 7.86. The van der Waals surface area contributed by atoms with Gasteiger partial charge in [-0.05, 0) is 54.8 Å². The molecule has 1 aliphatic rings. The summed E-state index contributed by atoms with van der Waals surface area (Å²) in [5.41, 5.74) is 2.33. The van der Waals surface area contributed by atoms with Crippen molar-refractivity contribution in [2.45, 2.75) is 25.4 Å². The van der Waals surface area contributed by atoms with Gasteiger partial charge in [-0.25, -0.2) is 4.98 Å². The van der Waals surface area contributed by atoms with Gasteiger partial charge in [0.15, 0.2) is 0 Å². The summed E-state index contributed by atoms with van der Waals surface area (Å²) in [4.78, 5) is 24.4. The molecule has 0 bridgehead atoms. The highest BCUT2D eigenvalue weighted by atomic mass is 35.5. The molecule has 0 aliphatic carbocycles. The van der Waals surface area contributed by atoms with Gasteiger partial charge >= 0.3 is 0 Å². The number of carbonyl (C=O) groups is 1. The number of ether oxygens (including phenoxy) is 1. The van der Waals surface area contributed by atoms with E-state index in [0.29, 0.717) is 35.3 Å². The van der Waals surface area contributed by atoms with Gasteiger partial charge in [-0.15, -0.1) is 0 Å². The quantitative estimate of drug-likeness (QED) is 0.399. The molecular formula is C25H22ClN5O2. The smallest absolute Gasteiger partial charge is 0.254 e. The van der Waals surface area contributed by atoms with E-state index in [1.54, 1.807) is 42.9 Å². The molecule has 3 heterocycles. The van der Waals surface area contributed by atoms with E-state index in [0.717, 1.165) is 24.1 Å². The summed E-state index contributed by atoms with van der Waals surface area (Å²) in [6.07, 6.45) is 8.63. The zero-order valence-electron chi connectivity index (χ0n) is 17.8. The van der Waals surface area contributed by atoms with E-state index in [9.17, 15) is 4.79 Å². The van der Waals surface area contributed by atoms with Crippen LogP contribution in [0.15, 0.2) is 79.4 Å². The van der Waals surface area contributed by atoms with E-state index in [1.165, 1.54) is 0 Å². The van der Waals surface area contributed by atoms with Gasteiger partial charge in [-0.3, -0.25) is 14.5 Å². The summed E-state index contributed by atoms with van der Waals surface area (Å²) in [5, 5.41) is 4.91. The normalized spacial score (nSPS) is 15.5. The van der Waals surface area contributed by atoms with Crippen LogP contribution in [0.5, 0.6) is 11.6 Å². The number of carbonyl (C=O) groups excluding carboxylic acids is 1. The van der Waals surface area contributed by atoms with Crippen LogP contribution in [0.3, 0.4) is 0 Å². The molecule has 0 spiro atoms. The first-order valence-corrected chi connectivity index (χ1v) is 11.2. The lowest BCUT2D eigenvalue weighted by Gasteiger charge is -2.25. The standard InChI is InChI=1S/C25H22ClN5O2/c26-19-8-10-20(11-9-19)33-24-16-27-15-22(29-24)23-7-3-14-31(23)25(32)21-6-2-1-5-18(21)17-30-13-4-12-28-30/h1-2,4-6,8-13,15-16,23H,3,7,14,17H2/t23-/m0/s1. The van der Waals surface area contributed by atoms with Crippen LogP contribution in [0, 0.1) is 0 Å². The van der Waals surface area contributed by atoms with Crippen LogP contribution in [0.25, 0.3) is 0 Å². The van der Waals surface area contributed by atoms with Crippen molar-refractivity contribution < 1.29 is 9.53 Å². The fourth-order valence-corrected chi connectivity index (χ4v) is 4.23. The van der Waals surface area contributed by atoms with Crippen molar-refractivity contribution in [3.63, 3.8) is 0 Å². The first kappa shape index (κ1) is 21.2. The number of hydrogen-bond donors (Lipinski definition) is 0. The number of aromatic nitrogens is 4. The number of benzene rings is 2. The van der Waals surface area contributed by atoms with Crippen molar-refractivity contribution in [2.24, 2.45) is 0 Å². The van der Waals surface area contributed by atoms with Crippen molar-refractivity contribution in [2.75, 3.05) is 6.54 Å². The second kappa shape index (κ2) is 9.42. The molecular weight excluding hydrogens is 438 g/mol. The van der Waals surface area contributed by atoms with Gasteiger partial charge in [-0.2, -0.15) is 5.10 Å². The minimum Gasteiger partial charge on any atom is -0.437 e. The van der Waals surface area contributed by atoms with Gasteiger partial charge in [0.2, 0.25) is 5.88 Å². The molecule has 7 nitrogen and oxygen atoms in total. The van der Waals surface area contributed by atoms with Crippen molar-refractivity contribution in [1.29, 1.82) is 0 Å². The molecule has 1 atom stereocenters. The van der Waals surface area contributed by atoms with E-state index >= 15 is 0 Å². The van der Waals surface area contributed by atoms with Gasteiger partial charge in [-0.1, -0.05) is 29.8 Å². The van der Waals surface area contributed by atoms with Crippen LogP contribution >= 0.6 is 11.6 Å². The summed E-state index contributed by atoms with van der Waals surface area (Å²) in [5.74, 6) is 0.997. The highest BCUT2D eigenvalue weighted by molar-refractivity contribution is 6.30. The molecule has 1 saturated heterocycles. The number of amides is 1. The average molecular weight is 460 g/mol. The van der Waals surface area contributed by atoms with Crippen LogP contribution in [0.1, 0.15) is 40.5 Å². The Morgan fingerprint density at radius 1 is 1.09 bits per heavy atom. The molecule has 5 rings (SSSR count). The largest absolute Gasteiger partial charge is 0.437 e. The lowest BCUT2D eigenvalue weighted by atomic mass is 10.0. The maximum Gasteiger partial charge on any atom is 0.254 e. The molecule has 0 saturated carbocycles. The molecule has 1 fully saturated rings. The number of halogens is 1. The highest BCUT2D eigenvalue weighted by Gasteiger charge is 2.33. The third-order valence-electron chi connectivity index (χ3n) is 5.66. The molecule has 33 heavy (non-hydrogen) atoms. The minimum absolute atomic E-state index is 0.00826. The molecule has 1 aliphatic heterocycles. The molecule has 8 heteroatoms. The van der Waals surface area contributed by atoms with Crippen LogP contribution in [-0.4, -0.2) is 37.1 Å². The van der Waals surface area contributed by atoms with Crippen LogP contribution in [0.2, 0.25) is 5.02 Å². The van der Waals surface area contributed by atoms with Gasteiger partial charge in [0.05, 0.1) is 30.7 Å². The van der Waals surface area contributed by atoms with Gasteiger partial charge in [0, 0.05) is 29.5 Å². The monoisotopic (exact) mass is 459 g/mol. The van der Waals surface area contributed by atoms with Crippen molar-refractivity contribution in [3.8, 4) is 11.6 Å². The fourth-order valence-electron chi connectivity index (χ4n) is 4.10. The van der Waals surface area contributed by atoms with Crippen molar-refractivity contribution >= 4 is 17.5 Å². The van der Waals surface area contributed by atoms with Crippen molar-refractivity contribution in [1.82, 2.24) is 24.6 Å². The van der Waals surface area contributed by atoms with E-state index in [-0.39, 0.29) is 11.9 Å². The molecule has 1 amide bonds. The maximum atomic E-state index is 13.6. The van der Waals surface area contributed by atoms with Crippen molar-refractivity contribution in [3.05, 3.63) is 101 Å². The lowest BCUT2D eigenvalue weighted by molar-refractivity contribution is 0.0731.